The molecule has 0 spiro atoms. The van der Waals surface area contributed by atoms with Gasteiger partial charge in [0.25, 0.3) is 0 Å². The van der Waals surface area contributed by atoms with Crippen LogP contribution >= 0.6 is 11.8 Å². The van der Waals surface area contributed by atoms with Crippen LogP contribution in [0.1, 0.15) is 45.4 Å². The van der Waals surface area contributed by atoms with Crippen LogP contribution in [0, 0.1) is 5.92 Å². The fraction of sp³-hybridized carbons (Fsp3) is 0.846. The lowest BCUT2D eigenvalue weighted by Crippen LogP contribution is -2.46. The molecule has 1 N–H and O–H groups in total. The van der Waals surface area contributed by atoms with E-state index in [0.717, 1.165) is 32.1 Å². The third-order valence-electron chi connectivity index (χ3n) is 3.63. The van der Waals surface area contributed by atoms with Gasteiger partial charge in [0.2, 0.25) is 5.91 Å². The van der Waals surface area contributed by atoms with Crippen molar-refractivity contribution < 1.29 is 14.7 Å². The van der Waals surface area contributed by atoms with Crippen molar-refractivity contribution in [3.05, 3.63) is 0 Å². The Labute approximate surface area is 112 Å². The molecule has 2 fully saturated rings. The van der Waals surface area contributed by atoms with E-state index in [2.05, 4.69) is 6.92 Å². The number of unbranched alkanes of at least 4 members (excludes halogenated alkanes) is 2. The van der Waals surface area contributed by atoms with Gasteiger partial charge in [0.05, 0.1) is 5.37 Å². The molecular formula is C13H21NO3S. The quantitative estimate of drug-likeness (QED) is 0.753. The zero-order valence-electron chi connectivity index (χ0n) is 10.8. The molecule has 4 nitrogen and oxygen atoms in total. The fourth-order valence-corrected chi connectivity index (χ4v) is 4.09. The molecule has 102 valence electrons. The van der Waals surface area contributed by atoms with Crippen LogP contribution < -0.4 is 0 Å². The molecular weight excluding hydrogens is 250 g/mol. The largest absolute Gasteiger partial charge is 0.480 e. The van der Waals surface area contributed by atoms with Crippen LogP contribution in [0.4, 0.5) is 0 Å². The lowest BCUT2D eigenvalue weighted by Gasteiger charge is -2.27. The lowest BCUT2D eigenvalue weighted by molar-refractivity contribution is -0.149. The summed E-state index contributed by atoms with van der Waals surface area (Å²) in [6.07, 6.45) is 5.78. The molecule has 1 saturated heterocycles. The number of rotatable bonds is 6. The van der Waals surface area contributed by atoms with Crippen LogP contribution in [0.25, 0.3) is 0 Å². The van der Waals surface area contributed by atoms with E-state index in [1.54, 1.807) is 16.7 Å². The van der Waals surface area contributed by atoms with Crippen LogP contribution in [0.5, 0.6) is 0 Å². The average molecular weight is 271 g/mol. The van der Waals surface area contributed by atoms with Gasteiger partial charge in [-0.05, 0) is 25.2 Å². The molecule has 2 rings (SSSR count). The highest BCUT2D eigenvalue weighted by Gasteiger charge is 2.47. The predicted octanol–water partition coefficient (Wildman–Crippen LogP) is 2.33. The third-order valence-corrected chi connectivity index (χ3v) is 5.09. The van der Waals surface area contributed by atoms with E-state index >= 15 is 0 Å². The van der Waals surface area contributed by atoms with E-state index in [-0.39, 0.29) is 11.3 Å². The Bertz CT molecular complexity index is 330. The van der Waals surface area contributed by atoms with Gasteiger partial charge in [0.1, 0.15) is 6.04 Å². The number of carbonyl (C=O) groups is 2. The van der Waals surface area contributed by atoms with E-state index in [4.69, 9.17) is 0 Å². The van der Waals surface area contributed by atoms with E-state index in [0.29, 0.717) is 18.1 Å². The molecule has 18 heavy (non-hydrogen) atoms. The van der Waals surface area contributed by atoms with Crippen LogP contribution in [-0.2, 0) is 9.59 Å². The Hall–Kier alpha value is -0.710. The summed E-state index contributed by atoms with van der Waals surface area (Å²) in [6.45, 7) is 2.10. The van der Waals surface area contributed by atoms with Crippen molar-refractivity contribution in [3.8, 4) is 0 Å². The van der Waals surface area contributed by atoms with E-state index < -0.39 is 12.0 Å². The van der Waals surface area contributed by atoms with Crippen LogP contribution in [0.15, 0.2) is 0 Å². The van der Waals surface area contributed by atoms with Crippen LogP contribution in [0.3, 0.4) is 0 Å². The molecule has 0 aromatic heterocycles. The maximum Gasteiger partial charge on any atom is 0.327 e. The monoisotopic (exact) mass is 271 g/mol. The first kappa shape index (κ1) is 13.7. The molecule has 2 unspecified atom stereocenters. The smallest absolute Gasteiger partial charge is 0.327 e. The van der Waals surface area contributed by atoms with Crippen molar-refractivity contribution in [1.29, 1.82) is 0 Å². The van der Waals surface area contributed by atoms with Gasteiger partial charge in [-0.1, -0.05) is 19.8 Å². The minimum atomic E-state index is -0.852. The molecule has 0 radical (unpaired) electrons. The second-order valence-electron chi connectivity index (χ2n) is 5.17. The van der Waals surface area contributed by atoms with Crippen molar-refractivity contribution in [3.63, 3.8) is 0 Å². The number of carboxylic acids is 1. The normalized spacial score (nSPS) is 27.5. The number of aliphatic carboxylic acids is 1. The maximum absolute atomic E-state index is 12.2. The highest BCUT2D eigenvalue weighted by Crippen LogP contribution is 2.45. The van der Waals surface area contributed by atoms with E-state index in [9.17, 15) is 14.7 Å². The highest BCUT2D eigenvalue weighted by molar-refractivity contribution is 8.00. The molecule has 1 heterocycles. The Kier molecular flexibility index (Phi) is 4.54. The molecule has 1 aliphatic carbocycles. The number of amides is 1. The van der Waals surface area contributed by atoms with E-state index in [1.807, 2.05) is 0 Å². The van der Waals surface area contributed by atoms with Crippen LogP contribution in [0.2, 0.25) is 0 Å². The predicted molar refractivity (Wildman–Crippen MR) is 71.4 cm³/mol. The van der Waals surface area contributed by atoms with Crippen molar-refractivity contribution in [2.75, 3.05) is 5.75 Å². The van der Waals surface area contributed by atoms with Gasteiger partial charge in [-0.3, -0.25) is 4.79 Å². The molecule has 2 atom stereocenters. The summed E-state index contributed by atoms with van der Waals surface area (Å²) in [5.74, 6) is 0.275. The third kappa shape index (κ3) is 2.99. The maximum atomic E-state index is 12.2. The van der Waals surface area contributed by atoms with Gasteiger partial charge in [-0.2, -0.15) is 0 Å². The summed E-state index contributed by atoms with van der Waals surface area (Å²) < 4.78 is 0. The first-order valence-corrected chi connectivity index (χ1v) is 7.85. The second-order valence-corrected chi connectivity index (χ2v) is 6.32. The summed E-state index contributed by atoms with van der Waals surface area (Å²) in [6, 6.07) is -0.602. The van der Waals surface area contributed by atoms with Crippen molar-refractivity contribution in [1.82, 2.24) is 4.90 Å². The second kappa shape index (κ2) is 5.95. The average Bonchev–Trinajstić information content (AvgIpc) is 3.07. The van der Waals surface area contributed by atoms with Gasteiger partial charge in [0.15, 0.2) is 0 Å². The first-order chi connectivity index (χ1) is 8.65. The Balaban J connectivity index is 1.98. The van der Waals surface area contributed by atoms with Gasteiger partial charge < -0.3 is 10.0 Å². The van der Waals surface area contributed by atoms with Crippen LogP contribution in [-0.4, -0.2) is 39.1 Å². The van der Waals surface area contributed by atoms with Gasteiger partial charge in [-0.15, -0.1) is 11.8 Å². The van der Waals surface area contributed by atoms with Gasteiger partial charge in [0, 0.05) is 12.2 Å². The summed E-state index contributed by atoms with van der Waals surface area (Å²) in [4.78, 5) is 25.1. The number of carboxylic acid groups (broad SMARTS) is 1. The summed E-state index contributed by atoms with van der Waals surface area (Å²) in [5.41, 5.74) is 0. The van der Waals surface area contributed by atoms with Crippen molar-refractivity contribution in [2.45, 2.75) is 56.9 Å². The number of carbonyl (C=O) groups excluding carboxylic acids is 1. The molecule has 0 bridgehead atoms. The molecule has 0 aromatic carbocycles. The zero-order chi connectivity index (χ0) is 13.1. The molecule has 0 aromatic rings. The van der Waals surface area contributed by atoms with Crippen molar-refractivity contribution >= 4 is 23.6 Å². The minimum Gasteiger partial charge on any atom is -0.480 e. The molecule has 2 aliphatic rings. The zero-order valence-corrected chi connectivity index (χ0v) is 11.6. The number of thioether (sulfide) groups is 1. The minimum absolute atomic E-state index is 0.0396. The first-order valence-electron chi connectivity index (χ1n) is 6.80. The molecule has 1 amide bonds. The SMILES string of the molecule is CCCCCC(=O)N1C(C(=O)O)CSC1C1CC1. The fourth-order valence-electron chi connectivity index (χ4n) is 2.43. The Morgan fingerprint density at radius 3 is 2.61 bits per heavy atom. The summed E-state index contributed by atoms with van der Waals surface area (Å²) in [7, 11) is 0. The highest BCUT2D eigenvalue weighted by atomic mass is 32.2. The topological polar surface area (TPSA) is 57.6 Å². The standard InChI is InChI=1S/C13H21NO3S/c1-2-3-4-5-11(15)14-10(13(16)17)8-18-12(14)9-6-7-9/h9-10,12H,2-8H2,1H3,(H,16,17). The van der Waals surface area contributed by atoms with Crippen molar-refractivity contribution in [2.24, 2.45) is 5.92 Å². The molecule has 1 aliphatic heterocycles. The molecule has 5 heteroatoms. The van der Waals surface area contributed by atoms with Gasteiger partial charge in [-0.25, -0.2) is 4.79 Å². The number of hydrogen-bond donors (Lipinski definition) is 1. The van der Waals surface area contributed by atoms with Gasteiger partial charge >= 0.3 is 5.97 Å². The number of nitrogens with zero attached hydrogens (tertiary/aromatic N) is 1. The lowest BCUT2D eigenvalue weighted by atomic mass is 10.1. The number of hydrogen-bond acceptors (Lipinski definition) is 3. The van der Waals surface area contributed by atoms with E-state index in [1.165, 1.54) is 0 Å². The summed E-state index contributed by atoms with van der Waals surface area (Å²) in [5, 5.41) is 9.34. The summed E-state index contributed by atoms with van der Waals surface area (Å²) >= 11 is 1.65. The Morgan fingerprint density at radius 1 is 1.33 bits per heavy atom. The Morgan fingerprint density at radius 2 is 2.06 bits per heavy atom. The molecule has 1 saturated carbocycles.